The molecule has 0 unspecified atom stereocenters. The molecule has 2 amide bonds. The molecule has 0 atom stereocenters. The number of nitrogens with zero attached hydrogens (tertiary/aromatic N) is 1. The Labute approximate surface area is 111 Å². The second-order valence-electron chi connectivity index (χ2n) is 4.05. The van der Waals surface area contributed by atoms with E-state index in [9.17, 15) is 9.59 Å². The molecular formula is C13H16N2O4. The van der Waals surface area contributed by atoms with Crippen LogP contribution in [0.25, 0.3) is 0 Å². The van der Waals surface area contributed by atoms with Gasteiger partial charge in [-0.25, -0.2) is 4.79 Å². The molecule has 1 N–H and O–H groups in total. The largest absolute Gasteiger partial charge is 0.489 e. The van der Waals surface area contributed by atoms with Gasteiger partial charge in [-0.2, -0.15) is 0 Å². The van der Waals surface area contributed by atoms with Crippen LogP contribution in [0.15, 0.2) is 18.2 Å². The summed E-state index contributed by atoms with van der Waals surface area (Å²) >= 11 is 0. The number of carbonyl (C=O) groups excluding carboxylic acids is 2. The first-order valence-electron chi connectivity index (χ1n) is 6.10. The lowest BCUT2D eigenvalue weighted by atomic mass is 10.2. The molecule has 0 saturated heterocycles. The number of anilines is 2. The minimum atomic E-state index is -0.512. The van der Waals surface area contributed by atoms with Gasteiger partial charge in [-0.3, -0.25) is 10.1 Å². The highest BCUT2D eigenvalue weighted by atomic mass is 16.5. The second-order valence-corrected chi connectivity index (χ2v) is 4.05. The van der Waals surface area contributed by atoms with E-state index in [1.54, 1.807) is 30.0 Å². The van der Waals surface area contributed by atoms with Crippen molar-refractivity contribution in [1.29, 1.82) is 0 Å². The van der Waals surface area contributed by atoms with Crippen LogP contribution >= 0.6 is 0 Å². The number of nitrogens with one attached hydrogen (secondary N) is 1. The third-order valence-electron chi connectivity index (χ3n) is 2.73. The Morgan fingerprint density at radius 1 is 1.47 bits per heavy atom. The SMILES string of the molecule is CCOC(=O)Nc1ccc2c(c1)OCCN2C(C)=O. The number of benzene rings is 1. The molecular weight excluding hydrogens is 248 g/mol. The Balaban J connectivity index is 2.19. The Kier molecular flexibility index (Phi) is 3.89. The highest BCUT2D eigenvalue weighted by molar-refractivity contribution is 5.94. The molecule has 1 aliphatic heterocycles. The zero-order valence-corrected chi connectivity index (χ0v) is 10.9. The normalized spacial score (nSPS) is 13.3. The standard InChI is InChI=1S/C13H16N2O4/c1-3-18-13(17)14-10-4-5-11-12(8-10)19-7-6-15(11)9(2)16/h4-5,8H,3,6-7H2,1-2H3,(H,14,17). The van der Waals surface area contributed by atoms with Crippen LogP contribution in [0.1, 0.15) is 13.8 Å². The summed E-state index contributed by atoms with van der Waals surface area (Å²) in [5.41, 5.74) is 1.29. The van der Waals surface area contributed by atoms with Crippen molar-refractivity contribution in [2.24, 2.45) is 0 Å². The highest BCUT2D eigenvalue weighted by Gasteiger charge is 2.21. The van der Waals surface area contributed by atoms with Crippen molar-refractivity contribution in [3.05, 3.63) is 18.2 Å². The fraction of sp³-hybridized carbons (Fsp3) is 0.385. The van der Waals surface area contributed by atoms with E-state index in [2.05, 4.69) is 5.32 Å². The van der Waals surface area contributed by atoms with Gasteiger partial charge < -0.3 is 14.4 Å². The average molecular weight is 264 g/mol. The van der Waals surface area contributed by atoms with Gasteiger partial charge in [0.25, 0.3) is 0 Å². The quantitative estimate of drug-likeness (QED) is 0.887. The molecule has 0 aliphatic carbocycles. The van der Waals surface area contributed by atoms with E-state index < -0.39 is 6.09 Å². The maximum absolute atomic E-state index is 11.5. The Hall–Kier alpha value is -2.24. The van der Waals surface area contributed by atoms with Gasteiger partial charge in [0.05, 0.1) is 18.8 Å². The molecule has 19 heavy (non-hydrogen) atoms. The van der Waals surface area contributed by atoms with Crippen LogP contribution in [-0.4, -0.2) is 31.8 Å². The molecule has 1 aliphatic rings. The molecule has 102 valence electrons. The number of ether oxygens (including phenoxy) is 2. The van der Waals surface area contributed by atoms with Crippen LogP contribution < -0.4 is 15.0 Å². The zero-order chi connectivity index (χ0) is 13.8. The van der Waals surface area contributed by atoms with Crippen molar-refractivity contribution in [1.82, 2.24) is 0 Å². The number of hydrogen-bond acceptors (Lipinski definition) is 4. The first-order valence-corrected chi connectivity index (χ1v) is 6.10. The highest BCUT2D eigenvalue weighted by Crippen LogP contribution is 2.34. The summed E-state index contributed by atoms with van der Waals surface area (Å²) in [5, 5.41) is 2.59. The summed E-state index contributed by atoms with van der Waals surface area (Å²) in [6.45, 7) is 4.54. The minimum Gasteiger partial charge on any atom is -0.489 e. The van der Waals surface area contributed by atoms with Gasteiger partial charge in [-0.1, -0.05) is 0 Å². The molecule has 0 spiro atoms. The maximum atomic E-state index is 11.5. The molecule has 6 heteroatoms. The fourth-order valence-electron chi connectivity index (χ4n) is 1.91. The lowest BCUT2D eigenvalue weighted by molar-refractivity contribution is -0.116. The van der Waals surface area contributed by atoms with Gasteiger partial charge in [0, 0.05) is 18.7 Å². The van der Waals surface area contributed by atoms with E-state index in [0.717, 1.165) is 0 Å². The van der Waals surface area contributed by atoms with Gasteiger partial charge in [0.15, 0.2) is 0 Å². The second kappa shape index (κ2) is 5.60. The molecule has 0 bridgehead atoms. The van der Waals surface area contributed by atoms with Crippen molar-refractivity contribution in [3.8, 4) is 5.75 Å². The number of rotatable bonds is 2. The molecule has 1 aromatic rings. The molecule has 1 aromatic carbocycles. The fourth-order valence-corrected chi connectivity index (χ4v) is 1.91. The summed E-state index contributed by atoms with van der Waals surface area (Å²) in [6.07, 6.45) is -0.512. The summed E-state index contributed by atoms with van der Waals surface area (Å²) in [6, 6.07) is 5.14. The summed E-state index contributed by atoms with van der Waals surface area (Å²) in [5.74, 6) is 0.548. The van der Waals surface area contributed by atoms with E-state index in [1.165, 1.54) is 6.92 Å². The molecule has 6 nitrogen and oxygen atoms in total. The van der Waals surface area contributed by atoms with Gasteiger partial charge >= 0.3 is 6.09 Å². The van der Waals surface area contributed by atoms with Crippen LogP contribution in [0, 0.1) is 0 Å². The van der Waals surface area contributed by atoms with Gasteiger partial charge in [-0.05, 0) is 19.1 Å². The number of carbonyl (C=O) groups is 2. The molecule has 2 rings (SSSR count). The Bertz CT molecular complexity index is 501. The molecule has 0 fully saturated rings. The topological polar surface area (TPSA) is 67.9 Å². The number of fused-ring (bicyclic) bond motifs is 1. The van der Waals surface area contributed by atoms with E-state index >= 15 is 0 Å². The number of hydrogen-bond donors (Lipinski definition) is 1. The van der Waals surface area contributed by atoms with E-state index in [-0.39, 0.29) is 5.91 Å². The molecule has 0 radical (unpaired) electrons. The van der Waals surface area contributed by atoms with Gasteiger partial charge in [-0.15, -0.1) is 0 Å². The summed E-state index contributed by atoms with van der Waals surface area (Å²) < 4.78 is 10.3. The summed E-state index contributed by atoms with van der Waals surface area (Å²) in [4.78, 5) is 24.5. The van der Waals surface area contributed by atoms with E-state index in [1.807, 2.05) is 0 Å². The van der Waals surface area contributed by atoms with Crippen molar-refractivity contribution in [2.75, 3.05) is 30.0 Å². The van der Waals surface area contributed by atoms with Crippen molar-refractivity contribution in [3.63, 3.8) is 0 Å². The average Bonchev–Trinajstić information content (AvgIpc) is 2.37. The minimum absolute atomic E-state index is 0.0318. The van der Waals surface area contributed by atoms with Gasteiger partial charge in [0.2, 0.25) is 5.91 Å². The summed E-state index contributed by atoms with van der Waals surface area (Å²) in [7, 11) is 0. The lowest BCUT2D eigenvalue weighted by Crippen LogP contribution is -2.36. The zero-order valence-electron chi connectivity index (χ0n) is 10.9. The van der Waals surface area contributed by atoms with E-state index in [4.69, 9.17) is 9.47 Å². The van der Waals surface area contributed by atoms with E-state index in [0.29, 0.717) is 36.9 Å². The monoisotopic (exact) mass is 264 g/mol. The third kappa shape index (κ3) is 2.96. The van der Waals surface area contributed by atoms with Crippen LogP contribution in [0.2, 0.25) is 0 Å². The van der Waals surface area contributed by atoms with Crippen LogP contribution in [0.3, 0.4) is 0 Å². The predicted octanol–water partition coefficient (Wildman–Crippen LogP) is 2.00. The van der Waals surface area contributed by atoms with Crippen LogP contribution in [0.5, 0.6) is 5.75 Å². The molecule has 0 aromatic heterocycles. The van der Waals surface area contributed by atoms with Gasteiger partial charge in [0.1, 0.15) is 12.4 Å². The molecule has 0 saturated carbocycles. The maximum Gasteiger partial charge on any atom is 0.411 e. The number of amides is 2. The Morgan fingerprint density at radius 3 is 2.95 bits per heavy atom. The van der Waals surface area contributed by atoms with Crippen LogP contribution in [-0.2, 0) is 9.53 Å². The Morgan fingerprint density at radius 2 is 2.26 bits per heavy atom. The van der Waals surface area contributed by atoms with Crippen molar-refractivity contribution < 1.29 is 19.1 Å². The predicted molar refractivity (Wildman–Crippen MR) is 70.6 cm³/mol. The first-order chi connectivity index (χ1) is 9.11. The van der Waals surface area contributed by atoms with Crippen LogP contribution in [0.4, 0.5) is 16.2 Å². The van der Waals surface area contributed by atoms with Crippen molar-refractivity contribution >= 4 is 23.4 Å². The molecule has 1 heterocycles. The third-order valence-corrected chi connectivity index (χ3v) is 2.73. The lowest BCUT2D eigenvalue weighted by Gasteiger charge is -2.28. The smallest absolute Gasteiger partial charge is 0.411 e. The van der Waals surface area contributed by atoms with Crippen molar-refractivity contribution in [2.45, 2.75) is 13.8 Å². The first kappa shape index (κ1) is 13.2.